The number of fused-ring (bicyclic) bond motifs is 1. The van der Waals surface area contributed by atoms with Crippen molar-refractivity contribution in [3.05, 3.63) is 81.8 Å². The molecule has 9 nitrogen and oxygen atoms in total. The van der Waals surface area contributed by atoms with Gasteiger partial charge in [-0.3, -0.25) is 14.4 Å². The summed E-state index contributed by atoms with van der Waals surface area (Å²) in [6, 6.07) is 16.1. The number of rotatable bonds is 10. The Morgan fingerprint density at radius 3 is 2.49 bits per heavy atom. The first-order valence-corrected chi connectivity index (χ1v) is 16.1. The van der Waals surface area contributed by atoms with Gasteiger partial charge >= 0.3 is 0 Å². The number of methoxy groups -OCH3 is 1. The number of likely N-dealkylation sites (N-methyl/N-ethyl adjacent to an activating group) is 1. The normalized spacial score (nSPS) is 18.2. The summed E-state index contributed by atoms with van der Waals surface area (Å²) >= 11 is 12.3. The lowest BCUT2D eigenvalue weighted by molar-refractivity contribution is -0.134. The van der Waals surface area contributed by atoms with Crippen molar-refractivity contribution >= 4 is 44.8 Å². The van der Waals surface area contributed by atoms with Gasteiger partial charge in [0.2, 0.25) is 5.91 Å². The van der Waals surface area contributed by atoms with Gasteiger partial charge in [-0.05, 0) is 74.1 Å². The fraction of sp³-hybridized carbons (Fsp3) is 0.387. The van der Waals surface area contributed by atoms with E-state index in [9.17, 15) is 18.3 Å². The SMILES string of the molecule is COc1ccc(S(=O)(=O)Nc2ccc3c(c2)CC(=O)N([C@@H](C)CO)C[C@@H](C)[C@@H](CN(C)Cc2ccc(Cl)c(Cl)c2)O3)cc1. The molecule has 0 spiro atoms. The first-order chi connectivity index (χ1) is 20.4. The van der Waals surface area contributed by atoms with Gasteiger partial charge in [0.1, 0.15) is 17.6 Å². The van der Waals surface area contributed by atoms with E-state index in [-0.39, 0.29) is 35.9 Å². The third-order valence-corrected chi connectivity index (χ3v) is 9.60. The van der Waals surface area contributed by atoms with Gasteiger partial charge < -0.3 is 19.5 Å². The summed E-state index contributed by atoms with van der Waals surface area (Å²) in [5.74, 6) is 0.769. The molecule has 0 saturated heterocycles. The van der Waals surface area contributed by atoms with Crippen LogP contribution < -0.4 is 14.2 Å². The van der Waals surface area contributed by atoms with Gasteiger partial charge in [0, 0.05) is 36.8 Å². The molecule has 0 aliphatic carbocycles. The van der Waals surface area contributed by atoms with Crippen LogP contribution in [-0.4, -0.2) is 75.2 Å². The Balaban J connectivity index is 1.62. The summed E-state index contributed by atoms with van der Waals surface area (Å²) < 4.78 is 40.5. The number of benzene rings is 3. The van der Waals surface area contributed by atoms with Crippen LogP contribution in [0.15, 0.2) is 65.6 Å². The van der Waals surface area contributed by atoms with Crippen LogP contribution in [0.3, 0.4) is 0 Å². The number of nitrogens with one attached hydrogen (secondary N) is 1. The average Bonchev–Trinajstić information content (AvgIpc) is 3.01. The molecule has 1 aliphatic rings. The molecule has 0 aromatic heterocycles. The molecule has 3 aromatic carbocycles. The molecule has 43 heavy (non-hydrogen) atoms. The number of sulfonamides is 1. The van der Waals surface area contributed by atoms with Crippen LogP contribution in [0.1, 0.15) is 25.0 Å². The van der Waals surface area contributed by atoms with Crippen molar-refractivity contribution < 1.29 is 27.8 Å². The van der Waals surface area contributed by atoms with E-state index < -0.39 is 16.1 Å². The fourth-order valence-electron chi connectivity index (χ4n) is 5.00. The van der Waals surface area contributed by atoms with Crippen molar-refractivity contribution in [1.82, 2.24) is 9.80 Å². The standard InChI is InChI=1S/C31H37Cl2N3O6S/c1-20-16-36(21(2)19-37)31(38)15-23-14-24(34-43(39,40)26-9-7-25(41-4)8-10-26)6-12-29(23)42-30(20)18-35(3)17-22-5-11-27(32)28(33)13-22/h5-14,20-21,30,34,37H,15-19H2,1-4H3/t20-,21+,30-/m1/s1. The topological polar surface area (TPSA) is 108 Å². The Morgan fingerprint density at radius 1 is 1.12 bits per heavy atom. The smallest absolute Gasteiger partial charge is 0.261 e. The van der Waals surface area contributed by atoms with Gasteiger partial charge in [0.15, 0.2) is 0 Å². The zero-order valence-corrected chi connectivity index (χ0v) is 26.9. The number of aliphatic hydroxyl groups is 1. The molecule has 1 heterocycles. The van der Waals surface area contributed by atoms with E-state index in [1.807, 2.05) is 26.1 Å². The average molecular weight is 651 g/mol. The molecule has 1 aliphatic heterocycles. The second-order valence-corrected chi connectivity index (χ2v) is 13.4. The number of carbonyl (C=O) groups is 1. The summed E-state index contributed by atoms with van der Waals surface area (Å²) in [6.45, 7) is 5.15. The van der Waals surface area contributed by atoms with Crippen molar-refractivity contribution in [2.45, 2.75) is 43.9 Å². The van der Waals surface area contributed by atoms with Gasteiger partial charge in [0.05, 0.1) is 41.1 Å². The van der Waals surface area contributed by atoms with Crippen LogP contribution in [0.5, 0.6) is 11.5 Å². The van der Waals surface area contributed by atoms with E-state index in [0.717, 1.165) is 5.56 Å². The Morgan fingerprint density at radius 2 is 1.84 bits per heavy atom. The maximum atomic E-state index is 13.5. The highest BCUT2D eigenvalue weighted by Crippen LogP contribution is 2.31. The van der Waals surface area contributed by atoms with E-state index in [0.29, 0.717) is 52.4 Å². The molecule has 0 bridgehead atoms. The quantitative estimate of drug-likeness (QED) is 0.315. The van der Waals surface area contributed by atoms with Crippen LogP contribution in [0.4, 0.5) is 5.69 Å². The molecule has 2 N–H and O–H groups in total. The van der Waals surface area contributed by atoms with Crippen LogP contribution in [0.25, 0.3) is 0 Å². The van der Waals surface area contributed by atoms with Crippen LogP contribution in [-0.2, 0) is 27.8 Å². The van der Waals surface area contributed by atoms with E-state index in [4.69, 9.17) is 32.7 Å². The summed E-state index contributed by atoms with van der Waals surface area (Å²) in [5.41, 5.74) is 1.84. The summed E-state index contributed by atoms with van der Waals surface area (Å²) in [4.78, 5) is 17.4. The maximum Gasteiger partial charge on any atom is 0.261 e. The van der Waals surface area contributed by atoms with Gasteiger partial charge in [0.25, 0.3) is 10.0 Å². The van der Waals surface area contributed by atoms with Gasteiger partial charge in [-0.1, -0.05) is 36.2 Å². The van der Waals surface area contributed by atoms with Crippen LogP contribution in [0.2, 0.25) is 10.0 Å². The Kier molecular flexibility index (Phi) is 10.8. The molecule has 232 valence electrons. The number of anilines is 1. The molecule has 0 fully saturated rings. The second kappa shape index (κ2) is 14.2. The molecule has 12 heteroatoms. The zero-order chi connectivity index (χ0) is 31.3. The Bertz CT molecular complexity index is 1540. The Hall–Kier alpha value is -3.02. The number of nitrogens with zero attached hydrogens (tertiary/aromatic N) is 2. The molecule has 0 unspecified atom stereocenters. The maximum absolute atomic E-state index is 13.5. The minimum Gasteiger partial charge on any atom is -0.497 e. The highest BCUT2D eigenvalue weighted by Gasteiger charge is 2.31. The zero-order valence-electron chi connectivity index (χ0n) is 24.6. The van der Waals surface area contributed by atoms with Crippen molar-refractivity contribution in [1.29, 1.82) is 0 Å². The second-order valence-electron chi connectivity index (χ2n) is 10.9. The minimum atomic E-state index is -3.90. The summed E-state index contributed by atoms with van der Waals surface area (Å²) in [6.07, 6.45) is -0.344. The highest BCUT2D eigenvalue weighted by molar-refractivity contribution is 7.92. The lowest BCUT2D eigenvalue weighted by Gasteiger charge is -2.34. The lowest BCUT2D eigenvalue weighted by atomic mass is 10.0. The first-order valence-electron chi connectivity index (χ1n) is 13.9. The predicted octanol–water partition coefficient (Wildman–Crippen LogP) is 5.08. The molecule has 3 aromatic rings. The Labute approximate surface area is 263 Å². The molecule has 3 atom stereocenters. The molecule has 4 rings (SSSR count). The summed E-state index contributed by atoms with van der Waals surface area (Å²) in [5, 5.41) is 10.9. The highest BCUT2D eigenvalue weighted by atomic mass is 35.5. The number of halogens is 2. The monoisotopic (exact) mass is 649 g/mol. The molecule has 1 amide bonds. The van der Waals surface area contributed by atoms with Gasteiger partial charge in [-0.25, -0.2) is 8.42 Å². The number of aliphatic hydroxyl groups excluding tert-OH is 1. The number of amides is 1. The molecule has 0 saturated carbocycles. The fourth-order valence-corrected chi connectivity index (χ4v) is 6.37. The summed E-state index contributed by atoms with van der Waals surface area (Å²) in [7, 11) is -0.419. The van der Waals surface area contributed by atoms with Crippen molar-refractivity contribution in [3.63, 3.8) is 0 Å². The predicted molar refractivity (Wildman–Crippen MR) is 169 cm³/mol. The van der Waals surface area contributed by atoms with Crippen LogP contribution in [0, 0.1) is 5.92 Å². The number of carbonyl (C=O) groups excluding carboxylic acids is 1. The third kappa shape index (κ3) is 8.33. The van der Waals surface area contributed by atoms with Crippen LogP contribution >= 0.6 is 23.2 Å². The number of hydrogen-bond donors (Lipinski definition) is 2. The minimum absolute atomic E-state index is 0.0175. The van der Waals surface area contributed by atoms with Crippen molar-refractivity contribution in [2.24, 2.45) is 5.92 Å². The van der Waals surface area contributed by atoms with Gasteiger partial charge in [-0.2, -0.15) is 0 Å². The number of hydrogen-bond acceptors (Lipinski definition) is 7. The molecule has 0 radical (unpaired) electrons. The first kappa shape index (κ1) is 32.9. The van der Waals surface area contributed by atoms with E-state index >= 15 is 0 Å². The number of ether oxygens (including phenoxy) is 2. The van der Waals surface area contributed by atoms with Crippen molar-refractivity contribution in [2.75, 3.05) is 38.6 Å². The van der Waals surface area contributed by atoms with E-state index in [1.165, 1.54) is 19.2 Å². The largest absolute Gasteiger partial charge is 0.497 e. The van der Waals surface area contributed by atoms with Gasteiger partial charge in [-0.15, -0.1) is 0 Å². The third-order valence-electron chi connectivity index (χ3n) is 7.47. The van der Waals surface area contributed by atoms with E-state index in [1.54, 1.807) is 48.2 Å². The van der Waals surface area contributed by atoms with E-state index in [2.05, 4.69) is 9.62 Å². The molecular weight excluding hydrogens is 613 g/mol. The van der Waals surface area contributed by atoms with Crippen molar-refractivity contribution in [3.8, 4) is 11.5 Å². The molecular formula is C31H37Cl2N3O6S. The lowest BCUT2D eigenvalue weighted by Crippen LogP contribution is -2.47.